The minimum atomic E-state index is -0.410. The van der Waals surface area contributed by atoms with Gasteiger partial charge >= 0.3 is 0 Å². The number of hydrogen-bond donors (Lipinski definition) is 1. The highest BCUT2D eigenvalue weighted by molar-refractivity contribution is 6.04. The maximum absolute atomic E-state index is 13.1. The molecule has 0 bridgehead atoms. The molecule has 3 aromatic rings. The Morgan fingerprint density at radius 2 is 1.46 bits per heavy atom. The maximum atomic E-state index is 13.1. The summed E-state index contributed by atoms with van der Waals surface area (Å²) >= 11 is 0. The summed E-state index contributed by atoms with van der Waals surface area (Å²) in [5.74, 6) is 1.30. The highest BCUT2D eigenvalue weighted by atomic mass is 19.1. The topological polar surface area (TPSA) is 83.1 Å². The first-order chi connectivity index (χ1) is 17.9. The van der Waals surface area contributed by atoms with E-state index >= 15 is 0 Å². The van der Waals surface area contributed by atoms with Gasteiger partial charge in [-0.1, -0.05) is 6.07 Å². The fraction of sp³-hybridized carbons (Fsp3) is 0.172. The van der Waals surface area contributed by atoms with E-state index in [-0.39, 0.29) is 18.0 Å². The van der Waals surface area contributed by atoms with Crippen molar-refractivity contribution in [3.05, 3.63) is 95.5 Å². The van der Waals surface area contributed by atoms with Gasteiger partial charge in [-0.2, -0.15) is 0 Å². The van der Waals surface area contributed by atoms with Crippen LogP contribution in [-0.4, -0.2) is 40.0 Å². The normalized spacial score (nSPS) is 10.9. The smallest absolute Gasteiger partial charge is 0.187 e. The molecule has 1 N–H and O–H groups in total. The van der Waals surface area contributed by atoms with E-state index in [4.69, 9.17) is 18.9 Å². The average Bonchev–Trinajstić information content (AvgIpc) is 2.91. The molecule has 0 saturated heterocycles. The Morgan fingerprint density at radius 3 is 2.05 bits per heavy atom. The second-order valence-corrected chi connectivity index (χ2v) is 7.81. The van der Waals surface area contributed by atoms with E-state index in [0.29, 0.717) is 39.8 Å². The first-order valence-electron chi connectivity index (χ1n) is 11.3. The van der Waals surface area contributed by atoms with Crippen molar-refractivity contribution in [2.24, 2.45) is 0 Å². The summed E-state index contributed by atoms with van der Waals surface area (Å²) in [6, 6.07) is 14.0. The second-order valence-electron chi connectivity index (χ2n) is 7.81. The molecule has 0 heterocycles. The molecule has 0 unspecified atom stereocenters. The molecule has 192 valence electrons. The monoisotopic (exact) mass is 505 g/mol. The molecule has 8 heteroatoms. The molecule has 7 nitrogen and oxygen atoms in total. The van der Waals surface area contributed by atoms with Crippen LogP contribution in [0.25, 0.3) is 6.08 Å². The molecule has 0 aliphatic heterocycles. The Bertz CT molecular complexity index is 1290. The van der Waals surface area contributed by atoms with Crippen LogP contribution < -0.4 is 24.3 Å². The molecule has 0 radical (unpaired) electrons. The molecule has 0 aliphatic carbocycles. The van der Waals surface area contributed by atoms with Crippen LogP contribution in [0.3, 0.4) is 0 Å². The van der Waals surface area contributed by atoms with E-state index in [0.717, 1.165) is 5.56 Å². The third-order valence-electron chi connectivity index (χ3n) is 5.43. The molecule has 0 amide bonds. The van der Waals surface area contributed by atoms with E-state index in [2.05, 4.69) is 5.32 Å². The number of halogens is 1. The fourth-order valence-corrected chi connectivity index (χ4v) is 3.53. The molecular formula is C29H28FNO6. The highest BCUT2D eigenvalue weighted by Gasteiger charge is 2.12. The highest BCUT2D eigenvalue weighted by Crippen LogP contribution is 2.35. The summed E-state index contributed by atoms with van der Waals surface area (Å²) in [5, 5.41) is 3.01. The van der Waals surface area contributed by atoms with E-state index in [1.165, 1.54) is 63.9 Å². The number of carbonyl (C=O) groups is 2. The molecule has 3 aromatic carbocycles. The summed E-state index contributed by atoms with van der Waals surface area (Å²) in [6.07, 6.45) is 6.05. The van der Waals surface area contributed by atoms with Crippen LogP contribution in [-0.2, 0) is 11.2 Å². The van der Waals surface area contributed by atoms with Gasteiger partial charge in [0.15, 0.2) is 11.6 Å². The Labute approximate surface area is 215 Å². The zero-order valence-corrected chi connectivity index (χ0v) is 21.0. The van der Waals surface area contributed by atoms with E-state index in [1.54, 1.807) is 43.5 Å². The number of rotatable bonds is 12. The van der Waals surface area contributed by atoms with Crippen molar-refractivity contribution in [1.82, 2.24) is 0 Å². The van der Waals surface area contributed by atoms with Crippen LogP contribution in [0, 0.1) is 5.82 Å². The van der Waals surface area contributed by atoms with Gasteiger partial charge in [0.2, 0.25) is 0 Å². The summed E-state index contributed by atoms with van der Waals surface area (Å²) in [4.78, 5) is 25.0. The standard InChI is InChI=1S/C29H28FNO6/c1-34-23-17-28(36-3)24(29(18-23)37-4)11-10-22(32)15-19-5-12-27(35-2)25(16-19)31-14-13-26(33)20-6-8-21(30)9-7-20/h5-14,16-18,31H,15H2,1-4H3/b11-10+,14-13-. The van der Waals surface area contributed by atoms with Crippen LogP contribution >= 0.6 is 0 Å². The lowest BCUT2D eigenvalue weighted by atomic mass is 10.1. The minimum absolute atomic E-state index is 0.133. The van der Waals surface area contributed by atoms with Crippen molar-refractivity contribution >= 4 is 23.3 Å². The summed E-state index contributed by atoms with van der Waals surface area (Å²) in [7, 11) is 6.13. The van der Waals surface area contributed by atoms with Gasteiger partial charge in [0.05, 0.1) is 39.7 Å². The lowest BCUT2D eigenvalue weighted by molar-refractivity contribution is -0.113. The number of benzene rings is 3. The molecule has 0 aromatic heterocycles. The molecule has 0 saturated carbocycles. The Kier molecular flexibility index (Phi) is 9.43. The van der Waals surface area contributed by atoms with Crippen molar-refractivity contribution in [2.45, 2.75) is 6.42 Å². The third kappa shape index (κ3) is 7.20. The Hall–Kier alpha value is -4.59. The first kappa shape index (κ1) is 27.0. The van der Waals surface area contributed by atoms with Gasteiger partial charge in [0.1, 0.15) is 28.8 Å². The van der Waals surface area contributed by atoms with Crippen molar-refractivity contribution in [2.75, 3.05) is 33.8 Å². The zero-order chi connectivity index (χ0) is 26.8. The Balaban J connectivity index is 1.72. The van der Waals surface area contributed by atoms with Gasteiger partial charge in [-0.05, 0) is 54.1 Å². The SMILES string of the molecule is COc1cc(OC)c(/C=C/C(=O)Cc2ccc(OC)c(N/C=C\C(=O)c3ccc(F)cc3)c2)c(OC)c1. The summed E-state index contributed by atoms with van der Waals surface area (Å²) < 4.78 is 34.5. The van der Waals surface area contributed by atoms with Crippen molar-refractivity contribution in [3.63, 3.8) is 0 Å². The number of ether oxygens (including phenoxy) is 4. The van der Waals surface area contributed by atoms with Crippen molar-refractivity contribution in [3.8, 4) is 23.0 Å². The number of nitrogens with one attached hydrogen (secondary N) is 1. The van der Waals surface area contributed by atoms with Crippen LogP contribution in [0.15, 0.2) is 72.9 Å². The van der Waals surface area contributed by atoms with Crippen molar-refractivity contribution in [1.29, 1.82) is 0 Å². The number of allylic oxidation sites excluding steroid dienone is 2. The molecular weight excluding hydrogens is 477 g/mol. The predicted molar refractivity (Wildman–Crippen MR) is 140 cm³/mol. The van der Waals surface area contributed by atoms with Crippen LogP contribution in [0.5, 0.6) is 23.0 Å². The number of anilines is 1. The van der Waals surface area contributed by atoms with Crippen LogP contribution in [0.2, 0.25) is 0 Å². The zero-order valence-electron chi connectivity index (χ0n) is 21.0. The first-order valence-corrected chi connectivity index (χ1v) is 11.3. The van der Waals surface area contributed by atoms with E-state index in [1.807, 2.05) is 0 Å². The molecule has 37 heavy (non-hydrogen) atoms. The lowest BCUT2D eigenvalue weighted by Crippen LogP contribution is -2.02. The third-order valence-corrected chi connectivity index (χ3v) is 5.43. The predicted octanol–water partition coefficient (Wildman–Crippen LogP) is 5.49. The van der Waals surface area contributed by atoms with Crippen LogP contribution in [0.4, 0.5) is 10.1 Å². The quantitative estimate of drug-likeness (QED) is 0.257. The lowest BCUT2D eigenvalue weighted by Gasteiger charge is -2.12. The Morgan fingerprint density at radius 1 is 0.811 bits per heavy atom. The second kappa shape index (κ2) is 12.9. The van der Waals surface area contributed by atoms with Gasteiger partial charge in [0.25, 0.3) is 0 Å². The summed E-state index contributed by atoms with van der Waals surface area (Å²) in [5.41, 5.74) is 2.30. The number of carbonyl (C=O) groups excluding carboxylic acids is 2. The molecule has 0 atom stereocenters. The molecule has 0 spiro atoms. The fourth-order valence-electron chi connectivity index (χ4n) is 3.53. The number of methoxy groups -OCH3 is 4. The van der Waals surface area contributed by atoms with Gasteiger partial charge in [0, 0.05) is 36.4 Å². The molecule has 0 fully saturated rings. The van der Waals surface area contributed by atoms with Gasteiger partial charge in [-0.15, -0.1) is 0 Å². The number of ketones is 2. The molecule has 3 rings (SSSR count). The average molecular weight is 506 g/mol. The van der Waals surface area contributed by atoms with Gasteiger partial charge < -0.3 is 24.3 Å². The largest absolute Gasteiger partial charge is 0.496 e. The summed E-state index contributed by atoms with van der Waals surface area (Å²) in [6.45, 7) is 0. The van der Waals surface area contributed by atoms with Crippen molar-refractivity contribution < 1.29 is 32.9 Å². The van der Waals surface area contributed by atoms with Crippen LogP contribution in [0.1, 0.15) is 21.5 Å². The number of hydrogen-bond acceptors (Lipinski definition) is 7. The van der Waals surface area contributed by atoms with Gasteiger partial charge in [-0.3, -0.25) is 9.59 Å². The van der Waals surface area contributed by atoms with E-state index < -0.39 is 5.82 Å². The molecule has 0 aliphatic rings. The van der Waals surface area contributed by atoms with Gasteiger partial charge in [-0.25, -0.2) is 4.39 Å². The van der Waals surface area contributed by atoms with E-state index in [9.17, 15) is 14.0 Å². The minimum Gasteiger partial charge on any atom is -0.496 e. The maximum Gasteiger partial charge on any atom is 0.187 e.